The van der Waals surface area contributed by atoms with Gasteiger partial charge in [0.1, 0.15) is 0 Å². The van der Waals surface area contributed by atoms with E-state index in [4.69, 9.17) is 17.0 Å². The molecule has 0 aliphatic heterocycles. The molecule has 0 radical (unpaired) electrons. The first-order valence-electron chi connectivity index (χ1n) is 13.4. The van der Waals surface area contributed by atoms with Crippen LogP contribution in [0.15, 0.2) is 72.8 Å². The summed E-state index contributed by atoms with van der Waals surface area (Å²) in [4.78, 5) is 0. The van der Waals surface area contributed by atoms with E-state index in [-0.39, 0.29) is 0 Å². The predicted octanol–water partition coefficient (Wildman–Crippen LogP) is 10.9. The summed E-state index contributed by atoms with van der Waals surface area (Å²) in [6.07, 6.45) is 14.1. The van der Waals surface area contributed by atoms with Gasteiger partial charge < -0.3 is 0 Å². The molecule has 0 N–H and O–H groups in total. The number of unbranched alkanes of at least 4 members (excludes halogenated alkanes) is 2. The molecule has 1 saturated carbocycles. The fourth-order valence-electron chi connectivity index (χ4n) is 4.77. The predicted molar refractivity (Wildman–Crippen MR) is 156 cm³/mol. The minimum absolute atomic E-state index is 1.23. The summed E-state index contributed by atoms with van der Waals surface area (Å²) in [6.45, 7) is 4.48. The van der Waals surface area contributed by atoms with Crippen molar-refractivity contribution < 1.29 is 18.9 Å². The standard InChI is InChI=1S/2C13H15.C6H10.2ClH.Zr/c2*1-2-3-6-11-9-10-12-7-4-5-8-13(11)12;1-2-4-6-5-3-1;;;/h2*4-5,7-10H,2-3,6H2,1H3;1-5H2;2*1H;/q2*-1;;;;+2/p-2. The van der Waals surface area contributed by atoms with Gasteiger partial charge in [-0.3, -0.25) is 0 Å². The third kappa shape index (κ3) is 9.11. The molecule has 0 unspecified atom stereocenters. The van der Waals surface area contributed by atoms with E-state index in [9.17, 15) is 0 Å². The first-order chi connectivity index (χ1) is 17.1. The first-order valence-corrected chi connectivity index (χ1v) is 21.0. The fourth-order valence-corrected chi connectivity index (χ4v) is 8.80. The van der Waals surface area contributed by atoms with Crippen molar-refractivity contribution in [1.82, 2.24) is 0 Å². The van der Waals surface area contributed by atoms with Gasteiger partial charge in [0, 0.05) is 0 Å². The van der Waals surface area contributed by atoms with Crippen molar-refractivity contribution in [2.75, 3.05) is 0 Å². The van der Waals surface area contributed by atoms with E-state index in [1.807, 2.05) is 0 Å². The normalized spacial score (nSPS) is 13.2. The van der Waals surface area contributed by atoms with Crippen molar-refractivity contribution >= 4 is 41.8 Å². The van der Waals surface area contributed by atoms with Crippen molar-refractivity contribution in [2.45, 2.75) is 84.5 Å². The molecule has 188 valence electrons. The molecule has 1 aliphatic carbocycles. The van der Waals surface area contributed by atoms with E-state index in [2.05, 4.69) is 86.6 Å². The maximum absolute atomic E-state index is 5.88. The van der Waals surface area contributed by atoms with Gasteiger partial charge >= 0.3 is 71.2 Å². The van der Waals surface area contributed by atoms with Gasteiger partial charge in [0.05, 0.1) is 0 Å². The number of fused-ring (bicyclic) bond motifs is 2. The molecule has 35 heavy (non-hydrogen) atoms. The van der Waals surface area contributed by atoms with Crippen molar-refractivity contribution in [3.63, 3.8) is 0 Å². The van der Waals surface area contributed by atoms with E-state index in [0.29, 0.717) is 0 Å². The molecular formula is C32H40Cl2Zr-2. The summed E-state index contributed by atoms with van der Waals surface area (Å²) in [5.74, 6) is 0. The molecule has 1 aliphatic rings. The zero-order chi connectivity index (χ0) is 24.9. The van der Waals surface area contributed by atoms with Crippen LogP contribution in [-0.2, 0) is 31.7 Å². The second-order valence-corrected chi connectivity index (χ2v) is 18.2. The SMILES string of the molecule is CCCCc1c[cH-]c2ccccc12.CCCCc1c[cH-]c2ccccc12.[Cl][Zr]([Cl])=[C]1CCCCC1. The van der Waals surface area contributed by atoms with Crippen LogP contribution in [0.4, 0.5) is 0 Å². The number of halogens is 2. The van der Waals surface area contributed by atoms with E-state index >= 15 is 0 Å². The number of aryl methyl sites for hydroxylation is 2. The van der Waals surface area contributed by atoms with E-state index in [1.165, 1.54) is 107 Å². The Hall–Kier alpha value is -1.01. The van der Waals surface area contributed by atoms with Crippen LogP contribution in [0, 0.1) is 0 Å². The molecule has 5 rings (SSSR count). The average molecular weight is 587 g/mol. The van der Waals surface area contributed by atoms with Crippen LogP contribution in [0.2, 0.25) is 0 Å². The number of rotatable bonds is 6. The summed E-state index contributed by atoms with van der Waals surface area (Å²) in [5.41, 5.74) is 3.02. The van der Waals surface area contributed by atoms with E-state index in [1.54, 1.807) is 0 Å². The van der Waals surface area contributed by atoms with Gasteiger partial charge in [0.2, 0.25) is 0 Å². The Morgan fingerprint density at radius 1 is 0.686 bits per heavy atom. The molecule has 0 nitrogen and oxygen atoms in total. The van der Waals surface area contributed by atoms with Gasteiger partial charge in [0.15, 0.2) is 0 Å². The van der Waals surface area contributed by atoms with Crippen LogP contribution in [0.5, 0.6) is 0 Å². The average Bonchev–Trinajstić information content (AvgIpc) is 3.51. The Morgan fingerprint density at radius 3 is 1.54 bits per heavy atom. The summed E-state index contributed by atoms with van der Waals surface area (Å²) < 4.78 is 1.53. The van der Waals surface area contributed by atoms with Gasteiger partial charge in [-0.2, -0.15) is 11.1 Å². The molecule has 0 saturated heterocycles. The number of hydrogen-bond donors (Lipinski definition) is 0. The van der Waals surface area contributed by atoms with Crippen molar-refractivity contribution in [2.24, 2.45) is 0 Å². The maximum atomic E-state index is 5.88. The van der Waals surface area contributed by atoms with Crippen molar-refractivity contribution in [3.05, 3.63) is 83.9 Å². The minimum atomic E-state index is -1.88. The van der Waals surface area contributed by atoms with E-state index < -0.39 is 18.9 Å². The molecule has 1 fully saturated rings. The summed E-state index contributed by atoms with van der Waals surface area (Å²) in [7, 11) is 11.8. The summed E-state index contributed by atoms with van der Waals surface area (Å²) in [6, 6.07) is 26.2. The Morgan fingerprint density at radius 2 is 1.14 bits per heavy atom. The van der Waals surface area contributed by atoms with Gasteiger partial charge in [-0.25, -0.2) is 0 Å². The van der Waals surface area contributed by atoms with Crippen LogP contribution in [-0.4, -0.2) is 3.21 Å². The van der Waals surface area contributed by atoms with Crippen molar-refractivity contribution in [1.29, 1.82) is 0 Å². The van der Waals surface area contributed by atoms with E-state index in [0.717, 1.165) is 0 Å². The topological polar surface area (TPSA) is 0 Å². The first kappa shape index (κ1) is 28.6. The zero-order valence-corrected chi connectivity index (χ0v) is 25.4. The summed E-state index contributed by atoms with van der Waals surface area (Å²) in [5, 5.41) is 5.65. The van der Waals surface area contributed by atoms with Gasteiger partial charge in [-0.05, 0) is 0 Å². The molecule has 3 heteroatoms. The van der Waals surface area contributed by atoms with Crippen LogP contribution in [0.3, 0.4) is 0 Å². The number of hydrogen-bond acceptors (Lipinski definition) is 0. The monoisotopic (exact) mass is 584 g/mol. The van der Waals surface area contributed by atoms with Crippen LogP contribution in [0.1, 0.15) is 82.8 Å². The Balaban J connectivity index is 0.000000150. The molecule has 0 amide bonds. The molecule has 4 aromatic carbocycles. The molecule has 0 spiro atoms. The van der Waals surface area contributed by atoms with Gasteiger partial charge in [-0.15, -0.1) is 82.2 Å². The van der Waals surface area contributed by atoms with Crippen LogP contribution < -0.4 is 0 Å². The Labute approximate surface area is 227 Å². The van der Waals surface area contributed by atoms with Crippen molar-refractivity contribution in [3.8, 4) is 0 Å². The quantitative estimate of drug-likeness (QED) is 0.197. The molecule has 0 atom stereocenters. The van der Waals surface area contributed by atoms with Gasteiger partial charge in [0.25, 0.3) is 0 Å². The second-order valence-electron chi connectivity index (χ2n) is 9.52. The zero-order valence-electron chi connectivity index (χ0n) is 21.5. The second kappa shape index (κ2) is 16.0. The summed E-state index contributed by atoms with van der Waals surface area (Å²) >= 11 is -1.88. The van der Waals surface area contributed by atoms with Gasteiger partial charge in [-0.1, -0.05) is 64.5 Å². The molecule has 0 heterocycles. The Bertz CT molecular complexity index is 1090. The third-order valence-electron chi connectivity index (χ3n) is 6.87. The van der Waals surface area contributed by atoms with Crippen LogP contribution >= 0.6 is 17.0 Å². The third-order valence-corrected chi connectivity index (χ3v) is 12.6. The molecule has 4 aromatic rings. The fraction of sp³-hybridized carbons (Fsp3) is 0.406. The molecular weight excluding hydrogens is 546 g/mol. The number of benzene rings is 2. The van der Waals surface area contributed by atoms with Crippen LogP contribution in [0.25, 0.3) is 21.5 Å². The molecule has 0 aromatic heterocycles. The molecule has 0 bridgehead atoms. The Kier molecular flexibility index (Phi) is 13.0.